The Labute approximate surface area is 224 Å². The molecule has 2 unspecified atom stereocenters. The maximum absolute atomic E-state index is 14.5. The Kier molecular flexibility index (Phi) is 7.47. The van der Waals surface area contributed by atoms with Crippen LogP contribution < -0.4 is 0 Å². The van der Waals surface area contributed by atoms with Gasteiger partial charge >= 0.3 is 0 Å². The molecule has 8 nitrogen and oxygen atoms in total. The van der Waals surface area contributed by atoms with E-state index in [1.807, 2.05) is 73.4 Å². The van der Waals surface area contributed by atoms with Crippen molar-refractivity contribution in [2.75, 3.05) is 26.2 Å². The van der Waals surface area contributed by atoms with Gasteiger partial charge in [-0.3, -0.25) is 14.4 Å². The molecule has 38 heavy (non-hydrogen) atoms. The van der Waals surface area contributed by atoms with Crippen LogP contribution in [0.3, 0.4) is 0 Å². The fraction of sp³-hybridized carbons (Fsp3) is 0.567. The topological polar surface area (TPSA) is 90.4 Å². The van der Waals surface area contributed by atoms with Crippen LogP contribution in [0.15, 0.2) is 54.6 Å². The number of aliphatic hydroxyl groups is 1. The Morgan fingerprint density at radius 3 is 2.47 bits per heavy atom. The van der Waals surface area contributed by atoms with Gasteiger partial charge in [0.15, 0.2) is 0 Å². The number of carbonyl (C=O) groups excluding carboxylic acids is 3. The zero-order valence-corrected chi connectivity index (χ0v) is 22.5. The van der Waals surface area contributed by atoms with Gasteiger partial charge in [0.05, 0.1) is 30.6 Å². The number of amides is 3. The van der Waals surface area contributed by atoms with E-state index in [1.165, 1.54) is 4.90 Å². The average Bonchev–Trinajstić information content (AvgIpc) is 3.23. The Morgan fingerprint density at radius 1 is 1.03 bits per heavy atom. The molecule has 3 amide bonds. The van der Waals surface area contributed by atoms with Crippen LogP contribution in [0.2, 0.25) is 0 Å². The van der Waals surface area contributed by atoms with E-state index in [2.05, 4.69) is 6.92 Å². The first-order chi connectivity index (χ1) is 18.4. The lowest BCUT2D eigenvalue weighted by atomic mass is 9.77. The molecule has 4 aliphatic heterocycles. The fourth-order valence-electron chi connectivity index (χ4n) is 6.95. The van der Waals surface area contributed by atoms with Crippen LogP contribution >= 0.6 is 0 Å². The predicted octanol–water partition coefficient (Wildman–Crippen LogP) is 2.70. The largest absolute Gasteiger partial charge is 0.394 e. The van der Waals surface area contributed by atoms with Crippen molar-refractivity contribution in [1.82, 2.24) is 14.7 Å². The monoisotopic (exact) mass is 521 g/mol. The van der Waals surface area contributed by atoms with Crippen molar-refractivity contribution in [2.24, 2.45) is 11.8 Å². The zero-order chi connectivity index (χ0) is 27.0. The summed E-state index contributed by atoms with van der Waals surface area (Å²) in [5, 5.41) is 10.6. The third-order valence-electron chi connectivity index (χ3n) is 8.64. The number of carbonyl (C=O) groups is 3. The maximum atomic E-state index is 14.5. The van der Waals surface area contributed by atoms with Gasteiger partial charge in [0.1, 0.15) is 11.6 Å². The summed E-state index contributed by atoms with van der Waals surface area (Å²) in [6, 6.07) is 7.55. The first-order valence-electron chi connectivity index (χ1n) is 14.0. The van der Waals surface area contributed by atoms with Gasteiger partial charge in [-0.15, -0.1) is 0 Å². The third-order valence-corrected chi connectivity index (χ3v) is 8.64. The van der Waals surface area contributed by atoms with Crippen molar-refractivity contribution in [3.8, 4) is 0 Å². The summed E-state index contributed by atoms with van der Waals surface area (Å²) >= 11 is 0. The lowest BCUT2D eigenvalue weighted by Crippen LogP contribution is -2.57. The Balaban J connectivity index is 1.65. The van der Waals surface area contributed by atoms with E-state index in [4.69, 9.17) is 4.74 Å². The molecule has 0 bridgehead atoms. The molecule has 0 saturated carbocycles. The quantitative estimate of drug-likeness (QED) is 0.532. The number of aliphatic hydroxyl groups excluding tert-OH is 1. The molecule has 204 valence electrons. The second kappa shape index (κ2) is 10.7. The molecule has 0 radical (unpaired) electrons. The van der Waals surface area contributed by atoms with Crippen LogP contribution in [0.1, 0.15) is 51.6 Å². The molecule has 1 aromatic rings. The number of rotatable bonds is 8. The van der Waals surface area contributed by atoms with Gasteiger partial charge in [-0.05, 0) is 25.3 Å². The number of hydrogen-bond acceptors (Lipinski definition) is 5. The first kappa shape index (κ1) is 26.6. The number of nitrogens with zero attached hydrogens (tertiary/aromatic N) is 3. The molecule has 1 aromatic carbocycles. The molecule has 0 aromatic heterocycles. The Morgan fingerprint density at radius 2 is 1.79 bits per heavy atom. The Bertz CT molecular complexity index is 1120. The lowest BCUT2D eigenvalue weighted by molar-refractivity contribution is -0.152. The summed E-state index contributed by atoms with van der Waals surface area (Å²) in [7, 11) is 0. The van der Waals surface area contributed by atoms with Crippen molar-refractivity contribution in [1.29, 1.82) is 0 Å². The molecule has 2 fully saturated rings. The van der Waals surface area contributed by atoms with Crippen molar-refractivity contribution in [2.45, 2.75) is 69.9 Å². The van der Waals surface area contributed by atoms with Gasteiger partial charge in [-0.1, -0.05) is 74.9 Å². The Hall–Kier alpha value is -2.97. The van der Waals surface area contributed by atoms with Crippen LogP contribution in [0.25, 0.3) is 0 Å². The highest BCUT2D eigenvalue weighted by molar-refractivity contribution is 6.00. The van der Waals surface area contributed by atoms with E-state index >= 15 is 0 Å². The molecule has 4 aliphatic rings. The van der Waals surface area contributed by atoms with Crippen LogP contribution in [0.5, 0.6) is 0 Å². The summed E-state index contributed by atoms with van der Waals surface area (Å²) in [4.78, 5) is 47.9. The molecular weight excluding hydrogens is 482 g/mol. The van der Waals surface area contributed by atoms with Crippen LogP contribution in [-0.4, -0.2) is 87.6 Å². The zero-order valence-electron chi connectivity index (χ0n) is 22.5. The summed E-state index contributed by atoms with van der Waals surface area (Å²) in [5.74, 6) is -2.20. The highest BCUT2D eigenvalue weighted by atomic mass is 16.5. The molecule has 4 heterocycles. The number of fused-ring (bicyclic) bond motifs is 2. The van der Waals surface area contributed by atoms with Gasteiger partial charge < -0.3 is 24.5 Å². The molecule has 7 atom stereocenters. The highest BCUT2D eigenvalue weighted by Gasteiger charge is 2.72. The normalized spacial score (nSPS) is 32.1. The van der Waals surface area contributed by atoms with E-state index in [0.717, 1.165) is 24.8 Å². The van der Waals surface area contributed by atoms with E-state index < -0.39 is 35.6 Å². The molecule has 0 aliphatic carbocycles. The van der Waals surface area contributed by atoms with Crippen molar-refractivity contribution in [3.05, 3.63) is 60.2 Å². The molecule has 1 N–H and O–H groups in total. The predicted molar refractivity (Wildman–Crippen MR) is 143 cm³/mol. The van der Waals surface area contributed by atoms with Crippen molar-refractivity contribution < 1.29 is 24.2 Å². The second-order valence-electron chi connectivity index (χ2n) is 10.9. The van der Waals surface area contributed by atoms with Gasteiger partial charge in [-0.2, -0.15) is 0 Å². The molecule has 5 rings (SSSR count). The lowest BCUT2D eigenvalue weighted by Gasteiger charge is -2.40. The molecule has 1 spiro atoms. The SMILES string of the molecule is CCCC(C)N1CC=C[C@]23O[C@H]4C=CCN(CCC)C(=O)[C@H]4[C@H]2C(=O)N([C@H](CO)c2ccccc2)C3C1=O. The van der Waals surface area contributed by atoms with E-state index in [1.54, 1.807) is 4.90 Å². The molecular formula is C30H39N3O5. The molecule has 2 saturated heterocycles. The first-order valence-corrected chi connectivity index (χ1v) is 14.0. The van der Waals surface area contributed by atoms with Gasteiger partial charge in [0.2, 0.25) is 17.7 Å². The van der Waals surface area contributed by atoms with E-state index in [9.17, 15) is 19.5 Å². The number of benzene rings is 1. The van der Waals surface area contributed by atoms with Crippen LogP contribution in [0, 0.1) is 11.8 Å². The van der Waals surface area contributed by atoms with Crippen molar-refractivity contribution in [3.63, 3.8) is 0 Å². The van der Waals surface area contributed by atoms with Crippen molar-refractivity contribution >= 4 is 17.7 Å². The summed E-state index contributed by atoms with van der Waals surface area (Å²) in [5.41, 5.74) is -0.550. The van der Waals surface area contributed by atoms with Gasteiger partial charge in [-0.25, -0.2) is 0 Å². The minimum Gasteiger partial charge on any atom is -0.394 e. The minimum atomic E-state index is -1.29. The summed E-state index contributed by atoms with van der Waals surface area (Å²) in [6.07, 6.45) is 9.59. The average molecular weight is 522 g/mol. The van der Waals surface area contributed by atoms with Gasteiger partial charge in [0.25, 0.3) is 0 Å². The highest BCUT2D eigenvalue weighted by Crippen LogP contribution is 2.55. The number of ether oxygens (including phenoxy) is 1. The van der Waals surface area contributed by atoms with E-state index in [-0.39, 0.29) is 30.4 Å². The third kappa shape index (κ3) is 4.09. The van der Waals surface area contributed by atoms with Crippen LogP contribution in [-0.2, 0) is 19.1 Å². The summed E-state index contributed by atoms with van der Waals surface area (Å²) in [6.45, 7) is 7.27. The van der Waals surface area contributed by atoms with Crippen LogP contribution in [0.4, 0.5) is 0 Å². The minimum absolute atomic E-state index is 0.0268. The standard InChI is InChI=1S/C30H39N3O5/c1-4-11-20(3)32-18-10-15-30-25(24-23(38-30)14-9-17-31(16-5-2)27(24)35)28(36)33(26(30)29(32)37)22(19-34)21-12-7-6-8-13-21/h6-10,12-15,20,22-26,34H,4-5,11,16-19H2,1-3H3/t20?,22-,23+,24-,25+,26?,30+/m1/s1. The van der Waals surface area contributed by atoms with E-state index in [0.29, 0.717) is 19.6 Å². The number of hydrogen-bond donors (Lipinski definition) is 1. The second-order valence-corrected chi connectivity index (χ2v) is 10.9. The maximum Gasteiger partial charge on any atom is 0.249 e. The molecule has 8 heteroatoms. The smallest absolute Gasteiger partial charge is 0.249 e. The van der Waals surface area contributed by atoms with Gasteiger partial charge in [0, 0.05) is 25.7 Å². The number of likely N-dealkylation sites (tertiary alicyclic amines) is 1. The fourth-order valence-corrected chi connectivity index (χ4v) is 6.95. The summed E-state index contributed by atoms with van der Waals surface area (Å²) < 4.78 is 6.71.